The number of hydrogen-bond acceptors (Lipinski definition) is 3. The Balaban J connectivity index is 2.42. The first kappa shape index (κ1) is 12.8. The lowest BCUT2D eigenvalue weighted by Gasteiger charge is -2.12. The Hall–Kier alpha value is -0.650. The molecular formula is C12H16BrN3S. The van der Waals surface area contributed by atoms with Crippen LogP contribution in [0.15, 0.2) is 16.7 Å². The highest BCUT2D eigenvalue weighted by molar-refractivity contribution is 9.10. The van der Waals surface area contributed by atoms with Crippen molar-refractivity contribution in [1.82, 2.24) is 9.78 Å². The quantitative estimate of drug-likeness (QED) is 0.944. The van der Waals surface area contributed by atoms with Crippen LogP contribution in [0.1, 0.15) is 34.0 Å². The van der Waals surface area contributed by atoms with Crippen molar-refractivity contribution < 1.29 is 0 Å². The van der Waals surface area contributed by atoms with Gasteiger partial charge in [-0.3, -0.25) is 4.68 Å². The highest BCUT2D eigenvalue weighted by atomic mass is 79.9. The normalized spacial score (nSPS) is 13.0. The first-order valence-electron chi connectivity index (χ1n) is 5.58. The van der Waals surface area contributed by atoms with Gasteiger partial charge in [0.25, 0.3) is 0 Å². The third kappa shape index (κ3) is 2.32. The summed E-state index contributed by atoms with van der Waals surface area (Å²) in [6, 6.07) is 2.06. The maximum absolute atomic E-state index is 6.34. The smallest absolute Gasteiger partial charge is 0.0828 e. The van der Waals surface area contributed by atoms with Gasteiger partial charge in [-0.25, -0.2) is 0 Å². The number of nitrogens with two attached hydrogens (primary N) is 1. The molecule has 0 spiro atoms. The van der Waals surface area contributed by atoms with Gasteiger partial charge in [-0.2, -0.15) is 5.10 Å². The molecule has 0 saturated carbocycles. The maximum atomic E-state index is 6.34. The predicted molar refractivity (Wildman–Crippen MR) is 75.4 cm³/mol. The predicted octanol–water partition coefficient (Wildman–Crippen LogP) is 3.39. The molecule has 0 bridgehead atoms. The van der Waals surface area contributed by atoms with Crippen LogP contribution < -0.4 is 5.73 Å². The second-order valence-electron chi connectivity index (χ2n) is 4.06. The van der Waals surface area contributed by atoms with Crippen LogP contribution in [-0.4, -0.2) is 9.78 Å². The Kier molecular flexibility index (Phi) is 3.70. The van der Waals surface area contributed by atoms with Gasteiger partial charge < -0.3 is 5.73 Å². The van der Waals surface area contributed by atoms with E-state index >= 15 is 0 Å². The van der Waals surface area contributed by atoms with Crippen molar-refractivity contribution in [3.05, 3.63) is 37.7 Å². The van der Waals surface area contributed by atoms with Crippen LogP contribution in [0.2, 0.25) is 0 Å². The van der Waals surface area contributed by atoms with Gasteiger partial charge in [-0.1, -0.05) is 0 Å². The van der Waals surface area contributed by atoms with E-state index in [0.29, 0.717) is 0 Å². The summed E-state index contributed by atoms with van der Waals surface area (Å²) in [5.74, 6) is 0. The number of thiophene rings is 1. The minimum Gasteiger partial charge on any atom is -0.318 e. The first-order chi connectivity index (χ1) is 8.04. The molecule has 2 heterocycles. The van der Waals surface area contributed by atoms with Crippen molar-refractivity contribution in [3.63, 3.8) is 0 Å². The molecule has 92 valence electrons. The molecule has 0 aliphatic rings. The molecule has 0 amide bonds. The van der Waals surface area contributed by atoms with Crippen LogP contribution in [0.25, 0.3) is 0 Å². The standard InChI is InChI=1S/C12H16BrN3S/c1-4-16-12(9(13)6-15-16)11(14)10-5-7(2)8(3)17-10/h5-6,11H,4,14H2,1-3H3. The van der Waals surface area contributed by atoms with Gasteiger partial charge in [0.15, 0.2) is 0 Å². The summed E-state index contributed by atoms with van der Waals surface area (Å²) in [6.45, 7) is 7.15. The van der Waals surface area contributed by atoms with Gasteiger partial charge in [0.05, 0.1) is 22.4 Å². The third-order valence-corrected chi connectivity index (χ3v) is 4.77. The van der Waals surface area contributed by atoms with Gasteiger partial charge in [0.1, 0.15) is 0 Å². The minimum atomic E-state index is -0.107. The molecule has 0 aliphatic carbocycles. The molecule has 0 saturated heterocycles. The summed E-state index contributed by atoms with van der Waals surface area (Å²) in [4.78, 5) is 2.52. The van der Waals surface area contributed by atoms with Crippen molar-refractivity contribution in [1.29, 1.82) is 0 Å². The molecule has 0 aromatic carbocycles. The Morgan fingerprint density at radius 3 is 2.76 bits per heavy atom. The third-order valence-electron chi connectivity index (χ3n) is 2.92. The van der Waals surface area contributed by atoms with Crippen LogP contribution in [0.3, 0.4) is 0 Å². The van der Waals surface area contributed by atoms with E-state index < -0.39 is 0 Å². The molecule has 1 atom stereocenters. The first-order valence-corrected chi connectivity index (χ1v) is 7.19. The fourth-order valence-corrected chi connectivity index (χ4v) is 3.41. The van der Waals surface area contributed by atoms with Crippen molar-refractivity contribution in [3.8, 4) is 0 Å². The minimum absolute atomic E-state index is 0.107. The van der Waals surface area contributed by atoms with Gasteiger partial charge in [0, 0.05) is 16.3 Å². The van der Waals surface area contributed by atoms with E-state index in [1.165, 1.54) is 15.3 Å². The highest BCUT2D eigenvalue weighted by Gasteiger charge is 2.19. The fraction of sp³-hybridized carbons (Fsp3) is 0.417. The number of hydrogen-bond donors (Lipinski definition) is 1. The van der Waals surface area contributed by atoms with Crippen molar-refractivity contribution in [2.75, 3.05) is 0 Å². The van der Waals surface area contributed by atoms with E-state index in [1.807, 2.05) is 10.9 Å². The van der Waals surface area contributed by atoms with Crippen LogP contribution in [0.5, 0.6) is 0 Å². The maximum Gasteiger partial charge on any atom is 0.0828 e. The summed E-state index contributed by atoms with van der Waals surface area (Å²) < 4.78 is 2.93. The summed E-state index contributed by atoms with van der Waals surface area (Å²) in [5.41, 5.74) is 8.69. The largest absolute Gasteiger partial charge is 0.318 e. The SMILES string of the molecule is CCn1ncc(Br)c1C(N)c1cc(C)c(C)s1. The summed E-state index contributed by atoms with van der Waals surface area (Å²) >= 11 is 5.28. The summed E-state index contributed by atoms with van der Waals surface area (Å²) in [5, 5.41) is 4.30. The number of rotatable bonds is 3. The number of aromatic nitrogens is 2. The molecule has 2 aromatic rings. The van der Waals surface area contributed by atoms with E-state index in [0.717, 1.165) is 16.7 Å². The lowest BCUT2D eigenvalue weighted by Crippen LogP contribution is -2.16. The second-order valence-corrected chi connectivity index (χ2v) is 6.20. The zero-order valence-electron chi connectivity index (χ0n) is 10.2. The van der Waals surface area contributed by atoms with Gasteiger partial charge in [-0.05, 0) is 48.3 Å². The Labute approximate surface area is 114 Å². The van der Waals surface area contributed by atoms with E-state index in [-0.39, 0.29) is 6.04 Å². The molecule has 3 nitrogen and oxygen atoms in total. The Morgan fingerprint density at radius 1 is 1.53 bits per heavy atom. The highest BCUT2D eigenvalue weighted by Crippen LogP contribution is 2.32. The molecule has 17 heavy (non-hydrogen) atoms. The molecule has 2 rings (SSSR count). The molecule has 0 radical (unpaired) electrons. The number of aryl methyl sites for hydroxylation is 3. The lowest BCUT2D eigenvalue weighted by molar-refractivity contribution is 0.602. The number of halogens is 1. The second kappa shape index (κ2) is 4.92. The molecule has 2 aromatic heterocycles. The van der Waals surface area contributed by atoms with Crippen LogP contribution in [0.4, 0.5) is 0 Å². The van der Waals surface area contributed by atoms with Crippen molar-refractivity contribution in [2.24, 2.45) is 5.73 Å². The van der Waals surface area contributed by atoms with Crippen LogP contribution in [-0.2, 0) is 6.54 Å². The zero-order valence-corrected chi connectivity index (χ0v) is 12.6. The average molecular weight is 314 g/mol. The Morgan fingerprint density at radius 2 is 2.24 bits per heavy atom. The van der Waals surface area contributed by atoms with E-state index in [1.54, 1.807) is 11.3 Å². The molecule has 1 unspecified atom stereocenters. The van der Waals surface area contributed by atoms with E-state index in [9.17, 15) is 0 Å². The van der Waals surface area contributed by atoms with Gasteiger partial charge >= 0.3 is 0 Å². The van der Waals surface area contributed by atoms with Crippen LogP contribution >= 0.6 is 27.3 Å². The van der Waals surface area contributed by atoms with E-state index in [4.69, 9.17) is 5.73 Å². The summed E-state index contributed by atoms with van der Waals surface area (Å²) in [6.07, 6.45) is 1.81. The Bertz CT molecular complexity index is 510. The van der Waals surface area contributed by atoms with E-state index in [2.05, 4.69) is 47.9 Å². The number of nitrogens with zero attached hydrogens (tertiary/aromatic N) is 2. The molecule has 0 fully saturated rings. The van der Waals surface area contributed by atoms with Gasteiger partial charge in [-0.15, -0.1) is 11.3 Å². The molecular weight excluding hydrogens is 298 g/mol. The van der Waals surface area contributed by atoms with Gasteiger partial charge in [0.2, 0.25) is 0 Å². The van der Waals surface area contributed by atoms with Crippen LogP contribution in [0, 0.1) is 13.8 Å². The van der Waals surface area contributed by atoms with Crippen molar-refractivity contribution in [2.45, 2.75) is 33.4 Å². The summed E-state index contributed by atoms with van der Waals surface area (Å²) in [7, 11) is 0. The molecule has 0 aliphatic heterocycles. The van der Waals surface area contributed by atoms with Crippen molar-refractivity contribution >= 4 is 27.3 Å². The topological polar surface area (TPSA) is 43.8 Å². The zero-order chi connectivity index (χ0) is 12.6. The molecule has 5 heteroatoms. The average Bonchev–Trinajstić information content (AvgIpc) is 2.82. The molecule has 2 N–H and O–H groups in total. The lowest BCUT2D eigenvalue weighted by atomic mass is 10.1. The fourth-order valence-electron chi connectivity index (χ4n) is 1.82. The monoisotopic (exact) mass is 313 g/mol.